The third kappa shape index (κ3) is 1.16. The van der Waals surface area contributed by atoms with Crippen molar-refractivity contribution < 1.29 is 4.39 Å². The molecule has 0 saturated heterocycles. The molecule has 0 unspecified atom stereocenters. The summed E-state index contributed by atoms with van der Waals surface area (Å²) in [5, 5.41) is 2.73. The van der Waals surface area contributed by atoms with Crippen LogP contribution in [0.3, 0.4) is 0 Å². The van der Waals surface area contributed by atoms with Crippen molar-refractivity contribution in [1.82, 2.24) is 0 Å². The lowest BCUT2D eigenvalue weighted by atomic mass is 10.2. The molecule has 0 aliphatic heterocycles. The highest BCUT2D eigenvalue weighted by Crippen LogP contribution is 2.36. The van der Waals surface area contributed by atoms with Crippen LogP contribution in [0.25, 0.3) is 10.1 Å². The van der Waals surface area contributed by atoms with E-state index in [0.29, 0.717) is 10.4 Å². The molecule has 0 atom stereocenters. The molecule has 0 fully saturated rings. The second-order valence-electron chi connectivity index (χ2n) is 2.32. The Hall–Kier alpha value is -0.120. The summed E-state index contributed by atoms with van der Waals surface area (Å²) in [6.07, 6.45) is 0. The summed E-state index contributed by atoms with van der Waals surface area (Å²) in [5.74, 6) is -0.264. The Balaban J connectivity index is 2.98. The molecule has 0 nitrogen and oxygen atoms in total. The van der Waals surface area contributed by atoms with Gasteiger partial charge in [-0.1, -0.05) is 11.6 Å². The van der Waals surface area contributed by atoms with Crippen molar-refractivity contribution >= 4 is 49.0 Å². The van der Waals surface area contributed by atoms with Crippen molar-refractivity contribution in [2.45, 2.75) is 0 Å². The van der Waals surface area contributed by atoms with E-state index >= 15 is 0 Å². The first kappa shape index (κ1) is 8.48. The fourth-order valence-corrected chi connectivity index (χ4v) is 2.87. The largest absolute Gasteiger partial charge is 0.206 e. The first-order valence-corrected chi connectivity index (χ1v) is 5.26. The lowest BCUT2D eigenvalue weighted by Crippen LogP contribution is -1.75. The smallest absolute Gasteiger partial charge is 0.133 e. The summed E-state index contributed by atoms with van der Waals surface area (Å²) in [5.41, 5.74) is 0. The van der Waals surface area contributed by atoms with Gasteiger partial charge in [0.05, 0.1) is 9.72 Å². The van der Waals surface area contributed by atoms with Crippen molar-refractivity contribution in [3.8, 4) is 0 Å². The first-order chi connectivity index (χ1) is 5.70. The molecular weight excluding hydrogens is 263 g/mol. The molecule has 2 rings (SSSR count). The molecule has 0 bridgehead atoms. The zero-order valence-corrected chi connectivity index (χ0v) is 8.93. The van der Waals surface area contributed by atoms with E-state index in [-0.39, 0.29) is 5.82 Å². The molecule has 0 radical (unpaired) electrons. The van der Waals surface area contributed by atoms with Crippen LogP contribution in [0.2, 0.25) is 5.02 Å². The Morgan fingerprint density at radius 1 is 1.42 bits per heavy atom. The molecule has 0 aliphatic rings. The number of benzene rings is 1. The summed E-state index contributed by atoms with van der Waals surface area (Å²) >= 11 is 10.6. The van der Waals surface area contributed by atoms with Gasteiger partial charge in [-0.15, -0.1) is 11.3 Å². The summed E-state index contributed by atoms with van der Waals surface area (Å²) in [7, 11) is 0. The highest BCUT2D eigenvalue weighted by atomic mass is 79.9. The van der Waals surface area contributed by atoms with Gasteiger partial charge in [-0.25, -0.2) is 4.39 Å². The highest BCUT2D eigenvalue weighted by molar-refractivity contribution is 9.10. The average Bonchev–Trinajstić information content (AvgIpc) is 2.42. The van der Waals surface area contributed by atoms with Crippen molar-refractivity contribution in [2.24, 2.45) is 0 Å². The van der Waals surface area contributed by atoms with Gasteiger partial charge in [0.15, 0.2) is 0 Å². The summed E-state index contributed by atoms with van der Waals surface area (Å²) in [4.78, 5) is 0. The molecule has 0 saturated carbocycles. The van der Waals surface area contributed by atoms with Crippen LogP contribution >= 0.6 is 38.9 Å². The van der Waals surface area contributed by atoms with E-state index in [0.717, 1.165) is 9.17 Å². The minimum absolute atomic E-state index is 0.264. The van der Waals surface area contributed by atoms with Crippen LogP contribution in [0.15, 0.2) is 22.0 Å². The van der Waals surface area contributed by atoms with Gasteiger partial charge >= 0.3 is 0 Å². The quantitative estimate of drug-likeness (QED) is 0.660. The van der Waals surface area contributed by atoms with Crippen LogP contribution in [0.5, 0.6) is 0 Å². The average molecular weight is 266 g/mol. The maximum atomic E-state index is 13.2. The summed E-state index contributed by atoms with van der Waals surface area (Å²) < 4.78 is 14.9. The van der Waals surface area contributed by atoms with Crippen molar-refractivity contribution in [2.75, 3.05) is 0 Å². The summed E-state index contributed by atoms with van der Waals surface area (Å²) in [6.45, 7) is 0. The van der Waals surface area contributed by atoms with E-state index in [2.05, 4.69) is 15.9 Å². The predicted molar refractivity (Wildman–Crippen MR) is 54.5 cm³/mol. The Morgan fingerprint density at radius 3 is 2.83 bits per heavy atom. The zero-order valence-electron chi connectivity index (χ0n) is 5.77. The lowest BCUT2D eigenvalue weighted by molar-refractivity contribution is 0.640. The predicted octanol–water partition coefficient (Wildman–Crippen LogP) is 4.46. The van der Waals surface area contributed by atoms with Gasteiger partial charge in [0.1, 0.15) is 5.82 Å². The van der Waals surface area contributed by atoms with E-state index in [1.165, 1.54) is 17.4 Å². The maximum Gasteiger partial charge on any atom is 0.133 e. The number of fused-ring (bicyclic) bond motifs is 1. The number of rotatable bonds is 0. The molecular formula is C8H3BrClFS. The Labute approximate surface area is 86.1 Å². The highest BCUT2D eigenvalue weighted by Gasteiger charge is 2.09. The van der Waals surface area contributed by atoms with Gasteiger partial charge < -0.3 is 0 Å². The molecule has 4 heteroatoms. The van der Waals surface area contributed by atoms with Crippen LogP contribution in [-0.2, 0) is 0 Å². The van der Waals surface area contributed by atoms with Crippen LogP contribution in [-0.4, -0.2) is 0 Å². The monoisotopic (exact) mass is 264 g/mol. The van der Waals surface area contributed by atoms with Gasteiger partial charge in [-0.3, -0.25) is 0 Å². The topological polar surface area (TPSA) is 0 Å². The molecule has 0 spiro atoms. The SMILES string of the molecule is Fc1ccc(Br)c2scc(Cl)c12. The number of thiophene rings is 1. The van der Waals surface area contributed by atoms with E-state index in [4.69, 9.17) is 11.6 Å². The fraction of sp³-hybridized carbons (Fsp3) is 0. The first-order valence-electron chi connectivity index (χ1n) is 3.21. The molecule has 1 aromatic heterocycles. The second kappa shape index (κ2) is 2.98. The maximum absolute atomic E-state index is 13.2. The number of hydrogen-bond donors (Lipinski definition) is 0. The van der Waals surface area contributed by atoms with Crippen LogP contribution in [0.1, 0.15) is 0 Å². The second-order valence-corrected chi connectivity index (χ2v) is 4.46. The van der Waals surface area contributed by atoms with Gasteiger partial charge in [0, 0.05) is 15.2 Å². The van der Waals surface area contributed by atoms with Crippen LogP contribution in [0.4, 0.5) is 4.39 Å². The van der Waals surface area contributed by atoms with Crippen molar-refractivity contribution in [3.05, 3.63) is 32.8 Å². The normalized spacial score (nSPS) is 10.9. The minimum Gasteiger partial charge on any atom is -0.206 e. The summed E-state index contributed by atoms with van der Waals surface area (Å²) in [6, 6.07) is 3.09. The number of hydrogen-bond acceptors (Lipinski definition) is 1. The number of halogens is 3. The Bertz CT molecular complexity index is 438. The third-order valence-electron chi connectivity index (χ3n) is 1.58. The standard InChI is InChI=1S/C8H3BrClFS/c9-4-1-2-6(11)7-5(10)3-12-8(4)7/h1-3H. The lowest BCUT2D eigenvalue weighted by Gasteiger charge is -1.95. The third-order valence-corrected chi connectivity index (χ3v) is 3.94. The molecule has 0 aliphatic carbocycles. The Kier molecular flexibility index (Phi) is 2.10. The molecule has 62 valence electrons. The Morgan fingerprint density at radius 2 is 2.17 bits per heavy atom. The fourth-order valence-electron chi connectivity index (χ4n) is 1.04. The van der Waals surface area contributed by atoms with Crippen molar-refractivity contribution in [3.63, 3.8) is 0 Å². The van der Waals surface area contributed by atoms with E-state index in [9.17, 15) is 4.39 Å². The van der Waals surface area contributed by atoms with E-state index < -0.39 is 0 Å². The molecule has 1 heterocycles. The molecule has 1 aromatic carbocycles. The van der Waals surface area contributed by atoms with E-state index in [1.807, 2.05) is 0 Å². The molecule has 0 N–H and O–H groups in total. The molecule has 12 heavy (non-hydrogen) atoms. The van der Waals surface area contributed by atoms with Gasteiger partial charge in [0.2, 0.25) is 0 Å². The molecule has 0 amide bonds. The van der Waals surface area contributed by atoms with Crippen molar-refractivity contribution in [1.29, 1.82) is 0 Å². The van der Waals surface area contributed by atoms with Gasteiger partial charge in [-0.05, 0) is 28.1 Å². The van der Waals surface area contributed by atoms with Crippen LogP contribution in [0, 0.1) is 5.82 Å². The van der Waals surface area contributed by atoms with Gasteiger partial charge in [0.25, 0.3) is 0 Å². The van der Waals surface area contributed by atoms with Crippen LogP contribution < -0.4 is 0 Å². The van der Waals surface area contributed by atoms with Gasteiger partial charge in [-0.2, -0.15) is 0 Å². The molecule has 2 aromatic rings. The van der Waals surface area contributed by atoms with E-state index in [1.54, 1.807) is 11.4 Å². The minimum atomic E-state index is -0.264. The zero-order chi connectivity index (χ0) is 8.72.